The Morgan fingerprint density at radius 3 is 2.79 bits per heavy atom. The fraction of sp³-hybridized carbons (Fsp3) is 0.462. The van der Waals surface area contributed by atoms with Gasteiger partial charge in [-0.2, -0.15) is 0 Å². The van der Waals surface area contributed by atoms with E-state index in [9.17, 15) is 4.79 Å². The molecule has 4 nitrogen and oxygen atoms in total. The molecule has 6 heteroatoms. The zero-order valence-corrected chi connectivity index (χ0v) is 12.6. The van der Waals surface area contributed by atoms with Crippen molar-refractivity contribution < 1.29 is 0 Å². The second kappa shape index (κ2) is 6.30. The summed E-state index contributed by atoms with van der Waals surface area (Å²) in [5.41, 5.74) is 1.71. The van der Waals surface area contributed by atoms with E-state index < -0.39 is 0 Å². The normalized spacial score (nSPS) is 10.9. The van der Waals surface area contributed by atoms with E-state index >= 15 is 0 Å². The molecule has 19 heavy (non-hydrogen) atoms. The largest absolute Gasteiger partial charge is 0.297 e. The van der Waals surface area contributed by atoms with E-state index in [0.29, 0.717) is 12.4 Å². The van der Waals surface area contributed by atoms with Crippen LogP contribution in [0.25, 0.3) is 0 Å². The van der Waals surface area contributed by atoms with Gasteiger partial charge in [-0.15, -0.1) is 22.9 Å². The number of hydrogen-bond acceptors (Lipinski definition) is 4. The van der Waals surface area contributed by atoms with Gasteiger partial charge in [-0.1, -0.05) is 0 Å². The molecule has 2 rings (SSSR count). The highest BCUT2D eigenvalue weighted by Crippen LogP contribution is 2.13. The minimum absolute atomic E-state index is 0.0191. The highest BCUT2D eigenvalue weighted by atomic mass is 35.5. The first kappa shape index (κ1) is 14.2. The minimum atomic E-state index is 0.0191. The lowest BCUT2D eigenvalue weighted by atomic mass is 10.3. The van der Waals surface area contributed by atoms with Gasteiger partial charge in [0.1, 0.15) is 5.82 Å². The number of thiazole rings is 1. The minimum Gasteiger partial charge on any atom is -0.297 e. The van der Waals surface area contributed by atoms with Crippen molar-refractivity contribution in [2.45, 2.75) is 39.1 Å². The quantitative estimate of drug-likeness (QED) is 0.797. The average molecular weight is 298 g/mol. The lowest BCUT2D eigenvalue weighted by Gasteiger charge is -2.08. The number of aromatic nitrogens is 3. The number of hydrogen-bond donors (Lipinski definition) is 0. The summed E-state index contributed by atoms with van der Waals surface area (Å²) in [4.78, 5) is 20.6. The zero-order valence-electron chi connectivity index (χ0n) is 11.0. The second-order valence-corrected chi connectivity index (χ2v) is 5.61. The van der Waals surface area contributed by atoms with Crippen LogP contribution in [0.5, 0.6) is 0 Å². The van der Waals surface area contributed by atoms with Crippen molar-refractivity contribution in [1.82, 2.24) is 14.5 Å². The number of alkyl halides is 1. The van der Waals surface area contributed by atoms with Crippen LogP contribution in [0.2, 0.25) is 0 Å². The van der Waals surface area contributed by atoms with Crippen LogP contribution in [0.4, 0.5) is 0 Å². The fourth-order valence-corrected chi connectivity index (χ4v) is 3.02. The molecule has 2 aromatic rings. The highest BCUT2D eigenvalue weighted by Gasteiger charge is 2.05. The molecule has 0 fully saturated rings. The zero-order chi connectivity index (χ0) is 13.8. The van der Waals surface area contributed by atoms with Crippen molar-refractivity contribution >= 4 is 22.9 Å². The molecule has 2 aromatic heterocycles. The molecular weight excluding hydrogens is 282 g/mol. The summed E-state index contributed by atoms with van der Waals surface area (Å²) in [6.45, 7) is 4.37. The monoisotopic (exact) mass is 297 g/mol. The Balaban J connectivity index is 1.98. The van der Waals surface area contributed by atoms with Crippen molar-refractivity contribution in [2.75, 3.05) is 0 Å². The molecule has 0 spiro atoms. The van der Waals surface area contributed by atoms with Crippen LogP contribution in [0.15, 0.2) is 16.2 Å². The molecule has 0 atom stereocenters. The van der Waals surface area contributed by atoms with Gasteiger partial charge in [-0.25, -0.2) is 9.97 Å². The maximum absolute atomic E-state index is 11.8. The molecule has 0 N–H and O–H groups in total. The van der Waals surface area contributed by atoms with Gasteiger partial charge in [0.2, 0.25) is 0 Å². The van der Waals surface area contributed by atoms with Gasteiger partial charge >= 0.3 is 0 Å². The number of nitrogens with zero attached hydrogens (tertiary/aromatic N) is 3. The van der Waals surface area contributed by atoms with E-state index in [2.05, 4.69) is 9.97 Å². The first-order valence-electron chi connectivity index (χ1n) is 6.14. The number of halogens is 1. The maximum atomic E-state index is 11.8. The molecule has 0 saturated heterocycles. The van der Waals surface area contributed by atoms with E-state index in [1.165, 1.54) is 0 Å². The lowest BCUT2D eigenvalue weighted by molar-refractivity contribution is 0.589. The summed E-state index contributed by atoms with van der Waals surface area (Å²) in [6, 6.07) is 1.57. The van der Waals surface area contributed by atoms with Crippen molar-refractivity contribution in [3.05, 3.63) is 44.0 Å². The Kier molecular flexibility index (Phi) is 4.71. The predicted octanol–water partition coefficient (Wildman–Crippen LogP) is 2.69. The Morgan fingerprint density at radius 1 is 1.37 bits per heavy atom. The van der Waals surface area contributed by atoms with Crippen LogP contribution in [0.1, 0.15) is 28.6 Å². The summed E-state index contributed by atoms with van der Waals surface area (Å²) in [6.07, 6.45) is 1.74. The molecule has 102 valence electrons. The van der Waals surface area contributed by atoms with Crippen LogP contribution < -0.4 is 5.56 Å². The van der Waals surface area contributed by atoms with Gasteiger partial charge in [0, 0.05) is 30.1 Å². The second-order valence-electron chi connectivity index (χ2n) is 4.40. The first-order chi connectivity index (χ1) is 9.10. The average Bonchev–Trinajstić information content (AvgIpc) is 2.80. The Hall–Kier alpha value is -1.20. The predicted molar refractivity (Wildman–Crippen MR) is 78.0 cm³/mol. The van der Waals surface area contributed by atoms with Crippen LogP contribution >= 0.6 is 22.9 Å². The molecule has 0 bridgehead atoms. The highest BCUT2D eigenvalue weighted by molar-refractivity contribution is 7.09. The van der Waals surface area contributed by atoms with E-state index in [4.69, 9.17) is 11.6 Å². The topological polar surface area (TPSA) is 47.8 Å². The Labute approximate surface area is 121 Å². The first-order valence-corrected chi connectivity index (χ1v) is 7.56. The van der Waals surface area contributed by atoms with Gasteiger partial charge in [-0.05, 0) is 20.3 Å². The molecule has 0 radical (unpaired) electrons. The molecular formula is C13H16ClN3OS. The summed E-state index contributed by atoms with van der Waals surface area (Å²) in [5, 5.41) is 3.05. The fourth-order valence-electron chi connectivity index (χ4n) is 1.95. The molecule has 0 aliphatic heterocycles. The van der Waals surface area contributed by atoms with Crippen LogP contribution in [-0.4, -0.2) is 14.5 Å². The van der Waals surface area contributed by atoms with Gasteiger partial charge < -0.3 is 0 Å². The smallest absolute Gasteiger partial charge is 0.253 e. The molecule has 0 unspecified atom stereocenters. The van der Waals surface area contributed by atoms with Gasteiger partial charge in [0.25, 0.3) is 5.56 Å². The third-order valence-electron chi connectivity index (χ3n) is 2.84. The molecule has 0 amide bonds. The van der Waals surface area contributed by atoms with Gasteiger partial charge in [-0.3, -0.25) is 9.36 Å². The maximum Gasteiger partial charge on any atom is 0.253 e. The number of rotatable bonds is 5. The summed E-state index contributed by atoms with van der Waals surface area (Å²) < 4.78 is 1.71. The van der Waals surface area contributed by atoms with Crippen LogP contribution in [0.3, 0.4) is 0 Å². The van der Waals surface area contributed by atoms with Crippen molar-refractivity contribution in [3.63, 3.8) is 0 Å². The third kappa shape index (κ3) is 3.64. The van der Waals surface area contributed by atoms with Gasteiger partial charge in [0.15, 0.2) is 0 Å². The summed E-state index contributed by atoms with van der Waals surface area (Å²) >= 11 is 7.34. The summed E-state index contributed by atoms with van der Waals surface area (Å²) in [7, 11) is 0. The van der Waals surface area contributed by atoms with Crippen LogP contribution in [0, 0.1) is 13.8 Å². The lowest BCUT2D eigenvalue weighted by Crippen LogP contribution is -2.23. The van der Waals surface area contributed by atoms with Crippen LogP contribution in [-0.2, 0) is 18.8 Å². The van der Waals surface area contributed by atoms with Crippen molar-refractivity contribution in [1.29, 1.82) is 0 Å². The number of aryl methyl sites for hydroxylation is 3. The molecule has 0 aliphatic rings. The van der Waals surface area contributed by atoms with Crippen molar-refractivity contribution in [2.24, 2.45) is 0 Å². The SMILES string of the molecule is Cc1cc(=O)n(CCCc2nc(CCl)cs2)c(C)n1. The van der Waals surface area contributed by atoms with E-state index in [1.807, 2.05) is 19.2 Å². The van der Waals surface area contributed by atoms with E-state index in [-0.39, 0.29) is 5.56 Å². The van der Waals surface area contributed by atoms with Crippen molar-refractivity contribution in [3.8, 4) is 0 Å². The molecule has 0 aromatic carbocycles. The van der Waals surface area contributed by atoms with E-state index in [1.54, 1.807) is 22.0 Å². The molecule has 2 heterocycles. The van der Waals surface area contributed by atoms with E-state index in [0.717, 1.165) is 35.1 Å². The van der Waals surface area contributed by atoms with Gasteiger partial charge in [0.05, 0.1) is 16.6 Å². The third-order valence-corrected chi connectivity index (χ3v) is 4.07. The summed E-state index contributed by atoms with van der Waals surface area (Å²) in [5.74, 6) is 1.22. The Bertz CT molecular complexity index is 621. The standard InChI is InChI=1S/C13H16ClN3OS/c1-9-6-13(18)17(10(2)15-9)5-3-4-12-16-11(7-14)8-19-12/h6,8H,3-5,7H2,1-2H3. The molecule has 0 aliphatic carbocycles. The Morgan fingerprint density at radius 2 is 2.16 bits per heavy atom. The molecule has 0 saturated carbocycles.